The molecule has 0 bridgehead atoms. The van der Waals surface area contributed by atoms with Gasteiger partial charge in [0.05, 0.1) is 12.3 Å². The Labute approximate surface area is 142 Å². The maximum atomic E-state index is 12.1. The highest BCUT2D eigenvalue weighted by Gasteiger charge is 2.06. The van der Waals surface area contributed by atoms with Gasteiger partial charge >= 0.3 is 0 Å². The summed E-state index contributed by atoms with van der Waals surface area (Å²) in [6, 6.07) is 14.3. The van der Waals surface area contributed by atoms with Crippen LogP contribution in [0.25, 0.3) is 0 Å². The van der Waals surface area contributed by atoms with E-state index in [0.29, 0.717) is 29.5 Å². The molecule has 24 heavy (non-hydrogen) atoms. The molecule has 3 N–H and O–H groups in total. The van der Waals surface area contributed by atoms with E-state index in [2.05, 4.69) is 24.4 Å². The van der Waals surface area contributed by atoms with Crippen molar-refractivity contribution < 1.29 is 9.53 Å². The summed E-state index contributed by atoms with van der Waals surface area (Å²) in [5, 5.41) is 4.13. The van der Waals surface area contributed by atoms with Crippen LogP contribution in [0.15, 0.2) is 53.6 Å². The summed E-state index contributed by atoms with van der Waals surface area (Å²) in [5.74, 6) is 0.945. The summed E-state index contributed by atoms with van der Waals surface area (Å²) in [4.78, 5) is 12.1. The number of hydrogen-bond acceptors (Lipinski definition) is 4. The SMILES string of the molecule is CC(=NNC(=O)c1ccc(OCC(C)C)cc1)c1ccc(N)cc1. The van der Waals surface area contributed by atoms with Crippen LogP contribution in [0.4, 0.5) is 5.69 Å². The Morgan fingerprint density at radius 2 is 1.67 bits per heavy atom. The molecular weight excluding hydrogens is 302 g/mol. The number of amides is 1. The Morgan fingerprint density at radius 3 is 2.25 bits per heavy atom. The Morgan fingerprint density at radius 1 is 1.08 bits per heavy atom. The van der Waals surface area contributed by atoms with Crippen molar-refractivity contribution >= 4 is 17.3 Å². The second kappa shape index (κ2) is 8.15. The van der Waals surface area contributed by atoms with Crippen molar-refractivity contribution in [3.63, 3.8) is 0 Å². The highest BCUT2D eigenvalue weighted by Crippen LogP contribution is 2.13. The molecule has 0 unspecified atom stereocenters. The molecule has 0 saturated heterocycles. The first-order valence-corrected chi connectivity index (χ1v) is 7.89. The Bertz CT molecular complexity index is 704. The number of carbonyl (C=O) groups is 1. The molecule has 126 valence electrons. The van der Waals surface area contributed by atoms with Gasteiger partial charge in [0.25, 0.3) is 5.91 Å². The molecule has 0 aliphatic rings. The zero-order valence-corrected chi connectivity index (χ0v) is 14.2. The monoisotopic (exact) mass is 325 g/mol. The molecule has 2 aromatic rings. The van der Waals surface area contributed by atoms with Crippen molar-refractivity contribution in [2.24, 2.45) is 11.0 Å². The van der Waals surface area contributed by atoms with E-state index in [1.165, 1.54) is 0 Å². The van der Waals surface area contributed by atoms with Gasteiger partial charge in [-0.3, -0.25) is 4.79 Å². The Balaban J connectivity index is 1.96. The van der Waals surface area contributed by atoms with Gasteiger partial charge in [-0.25, -0.2) is 5.43 Å². The van der Waals surface area contributed by atoms with Gasteiger partial charge in [0.1, 0.15) is 5.75 Å². The molecule has 5 nitrogen and oxygen atoms in total. The maximum Gasteiger partial charge on any atom is 0.271 e. The molecule has 0 heterocycles. The number of hydrogen-bond donors (Lipinski definition) is 2. The molecule has 1 amide bonds. The number of nitrogens with one attached hydrogen (secondary N) is 1. The predicted molar refractivity (Wildman–Crippen MR) is 97.3 cm³/mol. The Kier molecular flexibility index (Phi) is 5.95. The second-order valence-corrected chi connectivity index (χ2v) is 5.99. The van der Waals surface area contributed by atoms with E-state index in [4.69, 9.17) is 10.5 Å². The lowest BCUT2D eigenvalue weighted by molar-refractivity contribution is 0.0955. The van der Waals surface area contributed by atoms with Crippen LogP contribution in [0.2, 0.25) is 0 Å². The van der Waals surface area contributed by atoms with Gasteiger partial charge in [0, 0.05) is 11.3 Å². The van der Waals surface area contributed by atoms with E-state index in [0.717, 1.165) is 11.3 Å². The number of nitrogens with two attached hydrogens (primary N) is 1. The van der Waals surface area contributed by atoms with E-state index in [-0.39, 0.29) is 5.91 Å². The van der Waals surface area contributed by atoms with Gasteiger partial charge in [0.15, 0.2) is 0 Å². The van der Waals surface area contributed by atoms with Gasteiger partial charge in [-0.1, -0.05) is 26.0 Å². The fourth-order valence-electron chi connectivity index (χ4n) is 1.95. The average Bonchev–Trinajstić information content (AvgIpc) is 2.58. The largest absolute Gasteiger partial charge is 0.493 e. The summed E-state index contributed by atoms with van der Waals surface area (Å²) in [6.07, 6.45) is 0. The van der Waals surface area contributed by atoms with Gasteiger partial charge in [-0.15, -0.1) is 0 Å². The van der Waals surface area contributed by atoms with E-state index in [1.54, 1.807) is 36.4 Å². The normalized spacial score (nSPS) is 11.4. The van der Waals surface area contributed by atoms with Crippen molar-refractivity contribution in [1.29, 1.82) is 0 Å². The minimum Gasteiger partial charge on any atom is -0.493 e. The maximum absolute atomic E-state index is 12.1. The number of benzene rings is 2. The van der Waals surface area contributed by atoms with Crippen LogP contribution in [-0.2, 0) is 0 Å². The molecule has 2 aromatic carbocycles. The molecule has 0 aliphatic carbocycles. The van der Waals surface area contributed by atoms with Crippen LogP contribution >= 0.6 is 0 Å². The van der Waals surface area contributed by atoms with Crippen molar-refractivity contribution in [3.05, 3.63) is 59.7 Å². The molecule has 0 saturated carbocycles. The van der Waals surface area contributed by atoms with Gasteiger partial charge in [0.2, 0.25) is 0 Å². The first kappa shape index (κ1) is 17.5. The molecule has 5 heteroatoms. The van der Waals surface area contributed by atoms with Crippen molar-refractivity contribution in [2.45, 2.75) is 20.8 Å². The fourth-order valence-corrected chi connectivity index (χ4v) is 1.95. The zero-order chi connectivity index (χ0) is 17.5. The van der Waals surface area contributed by atoms with Crippen LogP contribution in [-0.4, -0.2) is 18.2 Å². The predicted octanol–water partition coefficient (Wildman–Crippen LogP) is 3.46. The Hall–Kier alpha value is -2.82. The van der Waals surface area contributed by atoms with Crippen LogP contribution in [0, 0.1) is 5.92 Å². The second-order valence-electron chi connectivity index (χ2n) is 5.99. The molecular formula is C19H23N3O2. The lowest BCUT2D eigenvalue weighted by Gasteiger charge is -2.09. The van der Waals surface area contributed by atoms with Crippen LogP contribution in [0.1, 0.15) is 36.7 Å². The van der Waals surface area contributed by atoms with Gasteiger partial charge < -0.3 is 10.5 Å². The highest BCUT2D eigenvalue weighted by molar-refractivity contribution is 6.01. The summed E-state index contributed by atoms with van der Waals surface area (Å²) < 4.78 is 5.60. The fraction of sp³-hybridized carbons (Fsp3) is 0.263. The molecule has 0 spiro atoms. The smallest absolute Gasteiger partial charge is 0.271 e. The molecule has 0 radical (unpaired) electrons. The van der Waals surface area contributed by atoms with Gasteiger partial charge in [-0.2, -0.15) is 5.10 Å². The summed E-state index contributed by atoms with van der Waals surface area (Å²) in [5.41, 5.74) is 11.0. The lowest BCUT2D eigenvalue weighted by Crippen LogP contribution is -2.19. The number of anilines is 1. The summed E-state index contributed by atoms with van der Waals surface area (Å²) >= 11 is 0. The molecule has 0 fully saturated rings. The third-order valence-corrected chi connectivity index (χ3v) is 3.35. The number of carbonyl (C=O) groups excluding carboxylic acids is 1. The third-order valence-electron chi connectivity index (χ3n) is 3.35. The quantitative estimate of drug-likeness (QED) is 0.485. The standard InChI is InChI=1S/C19H23N3O2/c1-13(2)12-24-18-10-6-16(7-11-18)19(23)22-21-14(3)15-4-8-17(20)9-5-15/h4-11,13H,12,20H2,1-3H3,(H,22,23). The molecule has 2 rings (SSSR count). The van der Waals surface area contributed by atoms with Crippen LogP contribution < -0.4 is 15.9 Å². The number of rotatable bonds is 6. The van der Waals surface area contributed by atoms with E-state index in [1.807, 2.05) is 19.1 Å². The minimum absolute atomic E-state index is 0.264. The number of ether oxygens (including phenoxy) is 1. The summed E-state index contributed by atoms with van der Waals surface area (Å²) in [6.45, 7) is 6.65. The van der Waals surface area contributed by atoms with E-state index < -0.39 is 0 Å². The van der Waals surface area contributed by atoms with E-state index in [9.17, 15) is 4.79 Å². The van der Waals surface area contributed by atoms with Crippen molar-refractivity contribution in [1.82, 2.24) is 5.43 Å². The number of nitrogens with zero attached hydrogens (tertiary/aromatic N) is 1. The molecule has 0 aromatic heterocycles. The first-order chi connectivity index (χ1) is 11.5. The van der Waals surface area contributed by atoms with Crippen LogP contribution in [0.3, 0.4) is 0 Å². The van der Waals surface area contributed by atoms with Crippen molar-refractivity contribution in [2.75, 3.05) is 12.3 Å². The third kappa shape index (κ3) is 5.12. The van der Waals surface area contributed by atoms with Crippen molar-refractivity contribution in [3.8, 4) is 5.75 Å². The van der Waals surface area contributed by atoms with Crippen LogP contribution in [0.5, 0.6) is 5.75 Å². The lowest BCUT2D eigenvalue weighted by atomic mass is 10.1. The van der Waals surface area contributed by atoms with E-state index >= 15 is 0 Å². The topological polar surface area (TPSA) is 76.7 Å². The molecule has 0 aliphatic heterocycles. The number of nitrogen functional groups attached to an aromatic ring is 1. The van der Waals surface area contributed by atoms with Gasteiger partial charge in [-0.05, 0) is 54.8 Å². The minimum atomic E-state index is -0.264. The summed E-state index contributed by atoms with van der Waals surface area (Å²) in [7, 11) is 0. The number of hydrazone groups is 1. The molecule has 0 atom stereocenters. The first-order valence-electron chi connectivity index (χ1n) is 7.89. The highest BCUT2D eigenvalue weighted by atomic mass is 16.5. The zero-order valence-electron chi connectivity index (χ0n) is 14.2. The average molecular weight is 325 g/mol.